The number of ether oxygens (including phenoxy) is 1. The molecule has 2 N–H and O–H groups in total. The molecule has 1 aromatic carbocycles. The average molecular weight is 412 g/mol. The topological polar surface area (TPSA) is 50.4 Å². The Morgan fingerprint density at radius 2 is 2.14 bits per heavy atom. The van der Waals surface area contributed by atoms with E-state index in [9.17, 15) is 4.79 Å². The Bertz CT molecular complexity index is 509. The molecule has 0 atom stereocenters. The van der Waals surface area contributed by atoms with E-state index >= 15 is 0 Å². The highest BCUT2D eigenvalue weighted by Gasteiger charge is 2.18. The lowest BCUT2D eigenvalue weighted by atomic mass is 9.94. The molecule has 0 aromatic heterocycles. The van der Waals surface area contributed by atoms with Crippen molar-refractivity contribution in [3.05, 3.63) is 21.6 Å². The van der Waals surface area contributed by atoms with Crippen molar-refractivity contribution < 1.29 is 9.53 Å². The van der Waals surface area contributed by atoms with Gasteiger partial charge < -0.3 is 15.4 Å². The zero-order valence-corrected chi connectivity index (χ0v) is 15.6. The number of carbonyl (C=O) groups excluding carboxylic acids is 1. The van der Waals surface area contributed by atoms with E-state index in [0.717, 1.165) is 30.4 Å². The van der Waals surface area contributed by atoms with Gasteiger partial charge in [0, 0.05) is 11.4 Å². The molecule has 22 heavy (non-hydrogen) atoms. The van der Waals surface area contributed by atoms with E-state index in [1.807, 2.05) is 6.92 Å². The van der Waals surface area contributed by atoms with E-state index in [2.05, 4.69) is 26.6 Å². The van der Waals surface area contributed by atoms with Crippen molar-refractivity contribution >= 4 is 51.5 Å². The van der Waals surface area contributed by atoms with Crippen molar-refractivity contribution in [3.63, 3.8) is 0 Å². The van der Waals surface area contributed by atoms with Gasteiger partial charge in [0.2, 0.25) is 5.91 Å². The monoisotopic (exact) mass is 410 g/mol. The van der Waals surface area contributed by atoms with Gasteiger partial charge in [-0.05, 0) is 66.8 Å². The van der Waals surface area contributed by atoms with Gasteiger partial charge in [0.15, 0.2) is 5.75 Å². The molecule has 7 heteroatoms. The molecule has 0 saturated carbocycles. The van der Waals surface area contributed by atoms with Gasteiger partial charge in [-0.3, -0.25) is 4.79 Å². The Kier molecular flexibility index (Phi) is 8.54. The zero-order valence-electron chi connectivity index (χ0n) is 12.5. The maximum absolute atomic E-state index is 12.2. The van der Waals surface area contributed by atoms with E-state index in [4.69, 9.17) is 16.3 Å². The third kappa shape index (κ3) is 5.61. The first kappa shape index (κ1) is 19.6. The standard InChI is InChI=1S/C15H20BrClN2O2.ClH/c1-2-21-15-12(16)8-11(17)9-13(15)19-14(20)7-10-3-5-18-6-4-10;/h8-10,18H,2-7H2,1H3,(H,19,20);1H. The molecule has 1 heterocycles. The van der Waals surface area contributed by atoms with E-state index in [0.29, 0.717) is 35.4 Å². The van der Waals surface area contributed by atoms with Gasteiger partial charge in [0.05, 0.1) is 16.8 Å². The summed E-state index contributed by atoms with van der Waals surface area (Å²) in [5.74, 6) is 1.09. The number of benzene rings is 1. The first-order valence-electron chi connectivity index (χ1n) is 7.22. The van der Waals surface area contributed by atoms with Crippen LogP contribution < -0.4 is 15.4 Å². The largest absolute Gasteiger partial charge is 0.491 e. The van der Waals surface area contributed by atoms with Crippen molar-refractivity contribution in [2.75, 3.05) is 25.0 Å². The van der Waals surface area contributed by atoms with Crippen LogP contribution in [0.5, 0.6) is 5.75 Å². The molecule has 0 bridgehead atoms. The summed E-state index contributed by atoms with van der Waals surface area (Å²) in [5.41, 5.74) is 0.621. The summed E-state index contributed by atoms with van der Waals surface area (Å²) >= 11 is 9.47. The molecule has 4 nitrogen and oxygen atoms in total. The summed E-state index contributed by atoms with van der Waals surface area (Å²) in [6.45, 7) is 4.41. The molecule has 1 aliphatic rings. The van der Waals surface area contributed by atoms with Gasteiger partial charge in [-0.15, -0.1) is 12.4 Å². The van der Waals surface area contributed by atoms with E-state index in [1.165, 1.54) is 0 Å². The molecule has 0 spiro atoms. The summed E-state index contributed by atoms with van der Waals surface area (Å²) in [7, 11) is 0. The summed E-state index contributed by atoms with van der Waals surface area (Å²) in [5, 5.41) is 6.79. The van der Waals surface area contributed by atoms with Crippen LogP contribution in [0.3, 0.4) is 0 Å². The highest BCUT2D eigenvalue weighted by molar-refractivity contribution is 9.10. The number of piperidine rings is 1. The molecule has 2 rings (SSSR count). The fraction of sp³-hybridized carbons (Fsp3) is 0.533. The Morgan fingerprint density at radius 3 is 2.77 bits per heavy atom. The second-order valence-corrected chi connectivity index (χ2v) is 6.43. The number of hydrogen-bond donors (Lipinski definition) is 2. The molecule has 1 aliphatic heterocycles. The first-order valence-corrected chi connectivity index (χ1v) is 8.39. The number of amides is 1. The van der Waals surface area contributed by atoms with Crippen molar-refractivity contribution in [1.82, 2.24) is 5.32 Å². The van der Waals surface area contributed by atoms with Gasteiger partial charge in [-0.2, -0.15) is 0 Å². The van der Waals surface area contributed by atoms with Crippen LogP contribution >= 0.6 is 39.9 Å². The predicted molar refractivity (Wildman–Crippen MR) is 96.4 cm³/mol. The maximum Gasteiger partial charge on any atom is 0.224 e. The van der Waals surface area contributed by atoms with E-state index in [1.54, 1.807) is 12.1 Å². The van der Waals surface area contributed by atoms with Crippen LogP contribution in [0.25, 0.3) is 0 Å². The van der Waals surface area contributed by atoms with Crippen LogP contribution in [0.1, 0.15) is 26.2 Å². The van der Waals surface area contributed by atoms with Crippen LogP contribution in [-0.4, -0.2) is 25.6 Å². The molecule has 124 valence electrons. The van der Waals surface area contributed by atoms with Crippen molar-refractivity contribution in [2.45, 2.75) is 26.2 Å². The summed E-state index contributed by atoms with van der Waals surface area (Å²) in [6.07, 6.45) is 2.63. The lowest BCUT2D eigenvalue weighted by Crippen LogP contribution is -2.30. The smallest absolute Gasteiger partial charge is 0.224 e. The van der Waals surface area contributed by atoms with E-state index < -0.39 is 0 Å². The fourth-order valence-electron chi connectivity index (χ4n) is 2.49. The maximum atomic E-state index is 12.2. The van der Waals surface area contributed by atoms with Crippen LogP contribution in [0.2, 0.25) is 5.02 Å². The lowest BCUT2D eigenvalue weighted by Gasteiger charge is -2.22. The zero-order chi connectivity index (χ0) is 15.2. The minimum Gasteiger partial charge on any atom is -0.491 e. The molecule has 1 saturated heterocycles. The second-order valence-electron chi connectivity index (χ2n) is 5.14. The van der Waals surface area contributed by atoms with Crippen molar-refractivity contribution in [2.24, 2.45) is 5.92 Å². The molecule has 1 aromatic rings. The molecule has 1 fully saturated rings. The first-order chi connectivity index (χ1) is 10.1. The number of carbonyl (C=O) groups is 1. The third-order valence-electron chi connectivity index (χ3n) is 3.50. The highest BCUT2D eigenvalue weighted by atomic mass is 79.9. The normalized spacial score (nSPS) is 15.0. The molecule has 0 radical (unpaired) electrons. The molecular formula is C15H21BrCl2N2O2. The van der Waals surface area contributed by atoms with Crippen molar-refractivity contribution in [1.29, 1.82) is 0 Å². The van der Waals surface area contributed by atoms with Gasteiger partial charge in [0.1, 0.15) is 0 Å². The number of nitrogens with one attached hydrogen (secondary N) is 2. The fourth-order valence-corrected chi connectivity index (χ4v) is 3.42. The number of anilines is 1. The molecule has 0 aliphatic carbocycles. The minimum atomic E-state index is 0. The molecule has 0 unspecified atom stereocenters. The van der Waals surface area contributed by atoms with Crippen molar-refractivity contribution in [3.8, 4) is 5.75 Å². The Balaban J connectivity index is 0.00000242. The van der Waals surface area contributed by atoms with Crippen LogP contribution in [0.15, 0.2) is 16.6 Å². The van der Waals surface area contributed by atoms with Gasteiger partial charge in [-0.1, -0.05) is 11.6 Å². The van der Waals surface area contributed by atoms with Crippen LogP contribution in [0.4, 0.5) is 5.69 Å². The van der Waals surface area contributed by atoms with Gasteiger partial charge in [0.25, 0.3) is 0 Å². The Morgan fingerprint density at radius 1 is 1.45 bits per heavy atom. The summed E-state index contributed by atoms with van der Waals surface area (Å²) in [4.78, 5) is 12.2. The lowest BCUT2D eigenvalue weighted by molar-refractivity contribution is -0.117. The third-order valence-corrected chi connectivity index (χ3v) is 4.31. The molecular weight excluding hydrogens is 391 g/mol. The number of hydrogen-bond acceptors (Lipinski definition) is 3. The number of rotatable bonds is 5. The van der Waals surface area contributed by atoms with Gasteiger partial charge >= 0.3 is 0 Å². The average Bonchev–Trinajstić information content (AvgIpc) is 2.43. The Hall–Kier alpha value is -0.490. The van der Waals surface area contributed by atoms with E-state index in [-0.39, 0.29) is 18.3 Å². The second kappa shape index (κ2) is 9.60. The van der Waals surface area contributed by atoms with Gasteiger partial charge in [-0.25, -0.2) is 0 Å². The quantitative estimate of drug-likeness (QED) is 0.761. The van der Waals surface area contributed by atoms with Crippen LogP contribution in [0, 0.1) is 5.92 Å². The summed E-state index contributed by atoms with van der Waals surface area (Å²) in [6, 6.07) is 3.48. The summed E-state index contributed by atoms with van der Waals surface area (Å²) < 4.78 is 6.33. The molecule has 1 amide bonds. The van der Waals surface area contributed by atoms with Crippen LogP contribution in [-0.2, 0) is 4.79 Å². The Labute approximate surface area is 150 Å². The minimum absolute atomic E-state index is 0. The number of halogens is 3. The SMILES string of the molecule is CCOc1c(Br)cc(Cl)cc1NC(=O)CC1CCNCC1.Cl. The highest BCUT2D eigenvalue weighted by Crippen LogP contribution is 2.36. The predicted octanol–water partition coefficient (Wildman–Crippen LogP) is 4.25.